The Morgan fingerprint density at radius 1 is 1.10 bits per heavy atom. The molecule has 1 unspecified atom stereocenters. The molecule has 0 aliphatic carbocycles. The number of nitrogens with one attached hydrogen (secondary N) is 2. The fourth-order valence-electron chi connectivity index (χ4n) is 1.68. The van der Waals surface area contributed by atoms with Crippen molar-refractivity contribution in [2.24, 2.45) is 0 Å². The number of ether oxygens (including phenoxy) is 1. The summed E-state index contributed by atoms with van der Waals surface area (Å²) in [6.45, 7) is 1.66. The molecule has 0 saturated carbocycles. The van der Waals surface area contributed by atoms with Crippen molar-refractivity contribution < 1.29 is 19.7 Å². The molecular weight excluding hydrogens is 272 g/mol. The number of urea groups is 1. The van der Waals surface area contributed by atoms with Crippen LogP contribution in [0.2, 0.25) is 0 Å². The number of carbonyl (C=O) groups is 1. The summed E-state index contributed by atoms with van der Waals surface area (Å²) in [7, 11) is 0. The maximum atomic E-state index is 11.8. The number of amides is 2. The molecular formula is C15H16N2O4. The molecule has 0 aromatic heterocycles. The van der Waals surface area contributed by atoms with Crippen LogP contribution >= 0.6 is 0 Å². The smallest absolute Gasteiger partial charge is 0.322 e. The Bertz CT molecular complexity index is 613. The Balaban J connectivity index is 1.87. The fraction of sp³-hybridized carbons (Fsp3) is 0.133. The number of para-hydroxylation sites is 2. The molecule has 110 valence electrons. The summed E-state index contributed by atoms with van der Waals surface area (Å²) >= 11 is 0. The maximum Gasteiger partial charge on any atom is 0.322 e. The minimum Gasteiger partial charge on any atom is -0.508 e. The van der Waals surface area contributed by atoms with E-state index < -0.39 is 12.3 Å². The van der Waals surface area contributed by atoms with Crippen molar-refractivity contribution in [3.63, 3.8) is 0 Å². The molecule has 4 N–H and O–H groups in total. The molecule has 21 heavy (non-hydrogen) atoms. The third-order valence-corrected chi connectivity index (χ3v) is 2.64. The third-order valence-electron chi connectivity index (χ3n) is 2.64. The zero-order valence-corrected chi connectivity index (χ0v) is 11.4. The maximum absolute atomic E-state index is 11.8. The summed E-state index contributed by atoms with van der Waals surface area (Å²) in [5.74, 6) is 0.642. The van der Waals surface area contributed by atoms with Gasteiger partial charge in [-0.3, -0.25) is 0 Å². The van der Waals surface area contributed by atoms with Gasteiger partial charge in [0.1, 0.15) is 17.2 Å². The first-order chi connectivity index (χ1) is 10.0. The van der Waals surface area contributed by atoms with E-state index in [1.807, 2.05) is 0 Å². The molecule has 0 spiro atoms. The fourth-order valence-corrected chi connectivity index (χ4v) is 1.68. The van der Waals surface area contributed by atoms with Crippen molar-refractivity contribution in [3.8, 4) is 17.2 Å². The van der Waals surface area contributed by atoms with E-state index in [0.29, 0.717) is 11.4 Å². The zero-order valence-electron chi connectivity index (χ0n) is 11.4. The van der Waals surface area contributed by atoms with E-state index in [-0.39, 0.29) is 11.5 Å². The number of benzene rings is 2. The number of phenols is 2. The van der Waals surface area contributed by atoms with Gasteiger partial charge in [0.2, 0.25) is 0 Å². The van der Waals surface area contributed by atoms with Crippen LogP contribution in [0, 0.1) is 0 Å². The van der Waals surface area contributed by atoms with Gasteiger partial charge >= 0.3 is 6.03 Å². The zero-order chi connectivity index (χ0) is 15.2. The van der Waals surface area contributed by atoms with Gasteiger partial charge in [-0.05, 0) is 43.3 Å². The Morgan fingerprint density at radius 3 is 2.43 bits per heavy atom. The van der Waals surface area contributed by atoms with Crippen LogP contribution in [0.5, 0.6) is 17.2 Å². The predicted octanol–water partition coefficient (Wildman–Crippen LogP) is 2.64. The Labute approximate surface area is 122 Å². The average Bonchev–Trinajstić information content (AvgIpc) is 2.44. The van der Waals surface area contributed by atoms with Gasteiger partial charge in [-0.15, -0.1) is 0 Å². The van der Waals surface area contributed by atoms with Crippen molar-refractivity contribution in [1.82, 2.24) is 5.32 Å². The third kappa shape index (κ3) is 4.31. The molecule has 0 aliphatic rings. The van der Waals surface area contributed by atoms with Crippen molar-refractivity contribution >= 4 is 11.7 Å². The van der Waals surface area contributed by atoms with Crippen molar-refractivity contribution in [1.29, 1.82) is 0 Å². The molecule has 0 saturated heterocycles. The summed E-state index contributed by atoms with van der Waals surface area (Å²) in [5, 5.41) is 23.8. The highest BCUT2D eigenvalue weighted by Crippen LogP contribution is 2.21. The molecule has 2 aromatic rings. The van der Waals surface area contributed by atoms with Crippen molar-refractivity contribution in [3.05, 3.63) is 48.5 Å². The first-order valence-corrected chi connectivity index (χ1v) is 6.36. The topological polar surface area (TPSA) is 90.8 Å². The van der Waals surface area contributed by atoms with E-state index in [1.54, 1.807) is 37.3 Å². The molecule has 6 heteroatoms. The lowest BCUT2D eigenvalue weighted by molar-refractivity contribution is 0.183. The van der Waals surface area contributed by atoms with Crippen molar-refractivity contribution in [2.75, 3.05) is 5.32 Å². The van der Waals surface area contributed by atoms with Crippen LogP contribution in [0.3, 0.4) is 0 Å². The number of aromatic hydroxyl groups is 2. The molecule has 0 aliphatic heterocycles. The number of carbonyl (C=O) groups excluding carboxylic acids is 1. The summed E-state index contributed by atoms with van der Waals surface area (Å²) in [4.78, 5) is 11.8. The van der Waals surface area contributed by atoms with Crippen LogP contribution in [0.1, 0.15) is 6.92 Å². The largest absolute Gasteiger partial charge is 0.508 e. The quantitative estimate of drug-likeness (QED) is 0.514. The lowest BCUT2D eigenvalue weighted by Gasteiger charge is -2.17. The second kappa shape index (κ2) is 6.51. The summed E-state index contributed by atoms with van der Waals surface area (Å²) in [6.07, 6.45) is -0.583. The van der Waals surface area contributed by atoms with E-state index in [2.05, 4.69) is 10.6 Å². The normalized spacial score (nSPS) is 11.5. The monoisotopic (exact) mass is 288 g/mol. The van der Waals surface area contributed by atoms with Crippen LogP contribution < -0.4 is 15.4 Å². The molecule has 0 bridgehead atoms. The van der Waals surface area contributed by atoms with Gasteiger partial charge in [0.05, 0.1) is 5.69 Å². The molecule has 2 aromatic carbocycles. The van der Waals surface area contributed by atoms with Crippen LogP contribution in [-0.4, -0.2) is 22.5 Å². The predicted molar refractivity (Wildman–Crippen MR) is 78.5 cm³/mol. The minimum absolute atomic E-state index is 0.0141. The van der Waals surface area contributed by atoms with E-state index in [9.17, 15) is 9.90 Å². The van der Waals surface area contributed by atoms with Gasteiger partial charge in [0.15, 0.2) is 6.23 Å². The Hall–Kier alpha value is -2.89. The Kier molecular flexibility index (Phi) is 4.50. The second-order valence-electron chi connectivity index (χ2n) is 4.37. The van der Waals surface area contributed by atoms with E-state index in [0.717, 1.165) is 0 Å². The SMILES string of the molecule is CC(NC(=O)Nc1ccccc1O)Oc1ccc(O)cc1. The summed E-state index contributed by atoms with van der Waals surface area (Å²) in [6, 6.07) is 12.1. The van der Waals surface area contributed by atoms with Gasteiger partial charge in [0, 0.05) is 0 Å². The van der Waals surface area contributed by atoms with Gasteiger partial charge in [-0.25, -0.2) is 4.79 Å². The standard InChI is InChI=1S/C15H16N2O4/c1-10(21-12-8-6-11(18)7-9-12)16-15(20)17-13-4-2-3-5-14(13)19/h2-10,18-19H,1H3,(H2,16,17,20). The number of anilines is 1. The number of hydrogen-bond acceptors (Lipinski definition) is 4. The number of rotatable bonds is 4. The molecule has 2 rings (SSSR count). The molecule has 0 fully saturated rings. The second-order valence-corrected chi connectivity index (χ2v) is 4.37. The van der Waals surface area contributed by atoms with Gasteiger partial charge in [0.25, 0.3) is 0 Å². The highest BCUT2D eigenvalue weighted by atomic mass is 16.5. The molecule has 6 nitrogen and oxygen atoms in total. The molecule has 2 amide bonds. The molecule has 0 radical (unpaired) electrons. The van der Waals surface area contributed by atoms with E-state index in [1.165, 1.54) is 18.2 Å². The number of phenolic OH excluding ortho intramolecular Hbond substituents is 2. The first kappa shape index (κ1) is 14.5. The lowest BCUT2D eigenvalue weighted by Crippen LogP contribution is -2.39. The first-order valence-electron chi connectivity index (χ1n) is 6.36. The highest BCUT2D eigenvalue weighted by molar-refractivity contribution is 5.90. The van der Waals surface area contributed by atoms with Crippen LogP contribution in [0.25, 0.3) is 0 Å². The minimum atomic E-state index is -0.583. The number of hydrogen-bond donors (Lipinski definition) is 4. The average molecular weight is 288 g/mol. The molecule has 1 atom stereocenters. The Morgan fingerprint density at radius 2 is 1.76 bits per heavy atom. The van der Waals surface area contributed by atoms with Crippen LogP contribution in [0.4, 0.5) is 10.5 Å². The van der Waals surface area contributed by atoms with E-state index >= 15 is 0 Å². The summed E-state index contributed by atoms with van der Waals surface area (Å²) in [5.41, 5.74) is 0.312. The molecule has 0 heterocycles. The van der Waals surface area contributed by atoms with Gasteiger partial charge < -0.3 is 25.6 Å². The van der Waals surface area contributed by atoms with Crippen molar-refractivity contribution in [2.45, 2.75) is 13.2 Å². The van der Waals surface area contributed by atoms with E-state index in [4.69, 9.17) is 9.84 Å². The van der Waals surface area contributed by atoms with Gasteiger partial charge in [-0.2, -0.15) is 0 Å². The van der Waals surface area contributed by atoms with Crippen LogP contribution in [0.15, 0.2) is 48.5 Å². The summed E-state index contributed by atoms with van der Waals surface area (Å²) < 4.78 is 5.46. The lowest BCUT2D eigenvalue weighted by atomic mass is 10.3. The van der Waals surface area contributed by atoms with Gasteiger partial charge in [-0.1, -0.05) is 12.1 Å². The highest BCUT2D eigenvalue weighted by Gasteiger charge is 2.10. The van der Waals surface area contributed by atoms with Crippen LogP contribution in [-0.2, 0) is 0 Å².